The lowest BCUT2D eigenvalue weighted by Crippen LogP contribution is -2.44. The molecule has 0 radical (unpaired) electrons. The predicted octanol–water partition coefficient (Wildman–Crippen LogP) is 5.52. The maximum atomic E-state index is 6.37. The fraction of sp³-hybridized carbons (Fsp3) is 0.600. The largest absolute Gasteiger partial charge is 0.487 e. The van der Waals surface area contributed by atoms with Crippen molar-refractivity contribution in [1.29, 1.82) is 0 Å². The van der Waals surface area contributed by atoms with Crippen LogP contribution in [0.25, 0.3) is 0 Å². The second-order valence-corrected chi connectivity index (χ2v) is 12.9. The first-order valence-corrected chi connectivity index (χ1v) is 11.7. The lowest BCUT2D eigenvalue weighted by atomic mass is 9.97. The van der Waals surface area contributed by atoms with Gasteiger partial charge in [0.2, 0.25) is 0 Å². The summed E-state index contributed by atoms with van der Waals surface area (Å²) in [5.74, 6) is 1.10. The number of ether oxygens (including phenoxy) is 1. The Morgan fingerprint density at radius 3 is 2.74 bits per heavy atom. The van der Waals surface area contributed by atoms with Crippen molar-refractivity contribution in [2.75, 3.05) is 6.61 Å². The van der Waals surface area contributed by atoms with Gasteiger partial charge in [0, 0.05) is 0 Å². The molecule has 0 bridgehead atoms. The number of fused-ring (bicyclic) bond motifs is 1. The van der Waals surface area contributed by atoms with Gasteiger partial charge in [-0.1, -0.05) is 45.0 Å². The van der Waals surface area contributed by atoms with Crippen molar-refractivity contribution in [2.45, 2.75) is 70.7 Å². The van der Waals surface area contributed by atoms with Gasteiger partial charge in [-0.15, -0.1) is 6.58 Å². The second kappa shape index (κ2) is 7.23. The van der Waals surface area contributed by atoms with Crippen molar-refractivity contribution in [3.63, 3.8) is 0 Å². The molecular weight excluding hydrogens is 300 g/mol. The van der Waals surface area contributed by atoms with Crippen molar-refractivity contribution in [1.82, 2.24) is 0 Å². The molecule has 128 valence electrons. The van der Waals surface area contributed by atoms with E-state index in [-0.39, 0.29) is 11.1 Å². The molecule has 0 N–H and O–H groups in total. The molecular formula is C20H32O2Si. The maximum Gasteiger partial charge on any atom is 0.192 e. The summed E-state index contributed by atoms with van der Waals surface area (Å²) in [7, 11) is -1.71. The van der Waals surface area contributed by atoms with E-state index in [0.29, 0.717) is 6.61 Å². The third kappa shape index (κ3) is 4.48. The number of allylic oxidation sites excluding steroid dienone is 1. The fourth-order valence-electron chi connectivity index (χ4n) is 2.62. The summed E-state index contributed by atoms with van der Waals surface area (Å²) in [5.41, 5.74) is 2.65. The molecule has 1 heterocycles. The zero-order valence-electron chi connectivity index (χ0n) is 15.4. The zero-order valence-corrected chi connectivity index (χ0v) is 16.4. The third-order valence-electron chi connectivity index (χ3n) is 5.25. The van der Waals surface area contributed by atoms with Crippen LogP contribution in [0.5, 0.6) is 5.75 Å². The second-order valence-electron chi connectivity index (χ2n) is 8.08. The minimum Gasteiger partial charge on any atom is -0.487 e. The van der Waals surface area contributed by atoms with E-state index in [0.717, 1.165) is 31.4 Å². The van der Waals surface area contributed by atoms with Crippen LogP contribution in [0, 0.1) is 0 Å². The van der Waals surface area contributed by atoms with E-state index in [1.54, 1.807) is 0 Å². The van der Waals surface area contributed by atoms with Gasteiger partial charge in [0.15, 0.2) is 8.32 Å². The molecule has 0 fully saturated rings. The minimum absolute atomic E-state index is 0.182. The first-order valence-electron chi connectivity index (χ1n) is 8.77. The average molecular weight is 333 g/mol. The summed E-state index contributed by atoms with van der Waals surface area (Å²) in [5, 5.41) is 0.245. The van der Waals surface area contributed by atoms with E-state index >= 15 is 0 Å². The van der Waals surface area contributed by atoms with Crippen LogP contribution in [0.2, 0.25) is 18.1 Å². The van der Waals surface area contributed by atoms with E-state index in [2.05, 4.69) is 58.6 Å². The Hall–Kier alpha value is -1.06. The fourth-order valence-corrected chi connectivity index (χ4v) is 3.65. The topological polar surface area (TPSA) is 18.5 Å². The Balaban J connectivity index is 2.04. The van der Waals surface area contributed by atoms with Crippen LogP contribution < -0.4 is 4.74 Å². The molecule has 0 saturated heterocycles. The van der Waals surface area contributed by atoms with Gasteiger partial charge in [-0.3, -0.25) is 0 Å². The molecule has 2 nitrogen and oxygen atoms in total. The van der Waals surface area contributed by atoms with Crippen LogP contribution in [0.3, 0.4) is 0 Å². The molecule has 1 aromatic carbocycles. The Labute approximate surface area is 143 Å². The van der Waals surface area contributed by atoms with Gasteiger partial charge in [0.1, 0.15) is 11.9 Å². The quantitative estimate of drug-likeness (QED) is 0.504. The van der Waals surface area contributed by atoms with Crippen molar-refractivity contribution in [2.24, 2.45) is 0 Å². The van der Waals surface area contributed by atoms with Gasteiger partial charge in [-0.05, 0) is 54.9 Å². The molecule has 1 aliphatic heterocycles. The average Bonchev–Trinajstić information content (AvgIpc) is 2.49. The molecule has 2 rings (SSSR count). The number of hydrogen-bond donors (Lipinski definition) is 0. The smallest absolute Gasteiger partial charge is 0.192 e. The summed E-state index contributed by atoms with van der Waals surface area (Å²) < 4.78 is 12.7. The summed E-state index contributed by atoms with van der Waals surface area (Å²) in [6.45, 7) is 16.0. The minimum atomic E-state index is -1.71. The SMILES string of the molecule is C=CCCc1cccc2c1O[C@@H](CO[Si](C)(C)C(C)(C)C)CC2. The van der Waals surface area contributed by atoms with Crippen LogP contribution in [0.4, 0.5) is 0 Å². The summed E-state index contributed by atoms with van der Waals surface area (Å²) in [4.78, 5) is 0. The summed E-state index contributed by atoms with van der Waals surface area (Å²) >= 11 is 0. The lowest BCUT2D eigenvalue weighted by Gasteiger charge is -2.38. The molecule has 1 atom stereocenters. The van der Waals surface area contributed by atoms with Gasteiger partial charge in [0.25, 0.3) is 0 Å². The number of rotatable bonds is 6. The van der Waals surface area contributed by atoms with Crippen LogP contribution in [-0.2, 0) is 17.3 Å². The Morgan fingerprint density at radius 1 is 1.35 bits per heavy atom. The van der Waals surface area contributed by atoms with Crippen molar-refractivity contribution in [3.05, 3.63) is 42.0 Å². The highest BCUT2D eigenvalue weighted by Crippen LogP contribution is 2.37. The maximum absolute atomic E-state index is 6.37. The van der Waals surface area contributed by atoms with Crippen molar-refractivity contribution in [3.8, 4) is 5.75 Å². The molecule has 1 aliphatic rings. The van der Waals surface area contributed by atoms with E-state index in [4.69, 9.17) is 9.16 Å². The van der Waals surface area contributed by atoms with Crippen molar-refractivity contribution < 1.29 is 9.16 Å². The highest BCUT2D eigenvalue weighted by molar-refractivity contribution is 6.74. The van der Waals surface area contributed by atoms with Gasteiger partial charge in [-0.2, -0.15) is 0 Å². The molecule has 23 heavy (non-hydrogen) atoms. The van der Waals surface area contributed by atoms with Crippen LogP contribution >= 0.6 is 0 Å². The Morgan fingerprint density at radius 2 is 2.09 bits per heavy atom. The first-order chi connectivity index (χ1) is 10.7. The lowest BCUT2D eigenvalue weighted by molar-refractivity contribution is 0.101. The molecule has 0 aromatic heterocycles. The third-order valence-corrected chi connectivity index (χ3v) is 9.75. The zero-order chi connectivity index (χ0) is 17.1. The highest BCUT2D eigenvalue weighted by Gasteiger charge is 2.38. The number of aryl methyl sites for hydroxylation is 2. The standard InChI is InChI=1S/C20H32O2Si/c1-7-8-10-16-11-9-12-17-13-14-18(22-19(16)17)15-21-23(5,6)20(2,3)4/h7,9,11-12,18H,1,8,10,13-15H2,2-6H3/t18-/m1/s1. The van der Waals surface area contributed by atoms with Gasteiger partial charge in [0.05, 0.1) is 6.61 Å². The number of benzene rings is 1. The summed E-state index contributed by atoms with van der Waals surface area (Å²) in [6, 6.07) is 6.52. The molecule has 3 heteroatoms. The molecule has 0 spiro atoms. The van der Waals surface area contributed by atoms with E-state index in [1.807, 2.05) is 6.08 Å². The van der Waals surface area contributed by atoms with E-state index in [1.165, 1.54) is 11.1 Å². The van der Waals surface area contributed by atoms with Gasteiger partial charge in [-0.25, -0.2) is 0 Å². The van der Waals surface area contributed by atoms with Crippen LogP contribution in [0.1, 0.15) is 44.7 Å². The van der Waals surface area contributed by atoms with E-state index < -0.39 is 8.32 Å². The normalized spacial score (nSPS) is 18.2. The van der Waals surface area contributed by atoms with Gasteiger partial charge < -0.3 is 9.16 Å². The summed E-state index contributed by atoms with van der Waals surface area (Å²) in [6.07, 6.45) is 6.28. The van der Waals surface area contributed by atoms with E-state index in [9.17, 15) is 0 Å². The predicted molar refractivity (Wildman–Crippen MR) is 101 cm³/mol. The van der Waals surface area contributed by atoms with Crippen LogP contribution in [0.15, 0.2) is 30.9 Å². The number of hydrogen-bond acceptors (Lipinski definition) is 2. The monoisotopic (exact) mass is 332 g/mol. The Kier molecular flexibility index (Phi) is 5.74. The molecule has 0 amide bonds. The van der Waals surface area contributed by atoms with Crippen molar-refractivity contribution >= 4 is 8.32 Å². The first kappa shape index (κ1) is 18.3. The number of para-hydroxylation sites is 1. The van der Waals surface area contributed by atoms with Crippen LogP contribution in [-0.4, -0.2) is 21.0 Å². The Bertz CT molecular complexity index is 543. The molecule has 0 unspecified atom stereocenters. The van der Waals surface area contributed by atoms with Gasteiger partial charge >= 0.3 is 0 Å². The molecule has 1 aromatic rings. The molecule has 0 saturated carbocycles. The highest BCUT2D eigenvalue weighted by atomic mass is 28.4. The molecule has 0 aliphatic carbocycles.